The number of nitrogens with two attached hydrogens (primary N) is 1. The highest BCUT2D eigenvalue weighted by Crippen LogP contribution is 2.35. The van der Waals surface area contributed by atoms with E-state index in [1.54, 1.807) is 11.8 Å². The van der Waals surface area contributed by atoms with E-state index in [1.165, 1.54) is 0 Å². The fourth-order valence-electron chi connectivity index (χ4n) is 2.46. The molecule has 1 amide bonds. The number of amidine groups is 1. The summed E-state index contributed by atoms with van der Waals surface area (Å²) >= 11 is 1.61. The van der Waals surface area contributed by atoms with Crippen LogP contribution in [0, 0.1) is 0 Å². The minimum Gasteiger partial charge on any atom is -0.409 e. The third-order valence-electron chi connectivity index (χ3n) is 3.88. The molecule has 5 nitrogen and oxygen atoms in total. The van der Waals surface area contributed by atoms with E-state index in [1.807, 2.05) is 11.2 Å². The Bertz CT molecular complexity index is 326. The molecule has 0 bridgehead atoms. The SMILES string of the molecule is CCCCCC(=O)N1CCC(SC)(C(N)=NO)CC1. The van der Waals surface area contributed by atoms with Gasteiger partial charge in [0.15, 0.2) is 5.84 Å². The number of unbranched alkanes of at least 4 members (excludes halogenated alkanes) is 2. The molecule has 0 aromatic heterocycles. The maximum Gasteiger partial charge on any atom is 0.222 e. The van der Waals surface area contributed by atoms with Gasteiger partial charge in [0, 0.05) is 19.5 Å². The number of oxime groups is 1. The number of amides is 1. The van der Waals surface area contributed by atoms with Gasteiger partial charge in [-0.1, -0.05) is 24.9 Å². The first kappa shape index (κ1) is 16.1. The van der Waals surface area contributed by atoms with E-state index in [-0.39, 0.29) is 16.5 Å². The number of hydrogen-bond acceptors (Lipinski definition) is 4. The maximum atomic E-state index is 12.0. The van der Waals surface area contributed by atoms with Crippen LogP contribution in [0.1, 0.15) is 45.4 Å². The van der Waals surface area contributed by atoms with E-state index in [0.29, 0.717) is 19.5 Å². The monoisotopic (exact) mass is 287 g/mol. The molecule has 110 valence electrons. The summed E-state index contributed by atoms with van der Waals surface area (Å²) < 4.78 is -0.311. The summed E-state index contributed by atoms with van der Waals surface area (Å²) in [7, 11) is 0. The van der Waals surface area contributed by atoms with Crippen LogP contribution in [0.2, 0.25) is 0 Å². The summed E-state index contributed by atoms with van der Waals surface area (Å²) in [4.78, 5) is 13.9. The van der Waals surface area contributed by atoms with Crippen LogP contribution in [0.15, 0.2) is 5.16 Å². The molecule has 0 aromatic rings. The molecule has 1 rings (SSSR count). The summed E-state index contributed by atoms with van der Waals surface area (Å²) in [5.41, 5.74) is 5.79. The Kier molecular flexibility index (Phi) is 6.48. The molecule has 1 aliphatic heterocycles. The first-order chi connectivity index (χ1) is 9.09. The first-order valence-electron chi connectivity index (χ1n) is 6.90. The van der Waals surface area contributed by atoms with Gasteiger partial charge in [-0.2, -0.15) is 11.8 Å². The number of carbonyl (C=O) groups is 1. The highest BCUT2D eigenvalue weighted by atomic mass is 32.2. The van der Waals surface area contributed by atoms with Crippen molar-refractivity contribution in [3.63, 3.8) is 0 Å². The average molecular weight is 287 g/mol. The van der Waals surface area contributed by atoms with Crippen molar-refractivity contribution in [2.45, 2.75) is 50.2 Å². The number of hydrogen-bond donors (Lipinski definition) is 2. The third-order valence-corrected chi connectivity index (χ3v) is 5.28. The van der Waals surface area contributed by atoms with E-state index in [0.717, 1.165) is 32.1 Å². The molecule has 1 saturated heterocycles. The van der Waals surface area contributed by atoms with Gasteiger partial charge in [0.05, 0.1) is 4.75 Å². The molecule has 0 unspecified atom stereocenters. The van der Waals surface area contributed by atoms with Gasteiger partial charge in [0.25, 0.3) is 0 Å². The molecular weight excluding hydrogens is 262 g/mol. The van der Waals surface area contributed by atoms with Gasteiger partial charge in [-0.25, -0.2) is 0 Å². The first-order valence-corrected chi connectivity index (χ1v) is 8.13. The van der Waals surface area contributed by atoms with E-state index in [2.05, 4.69) is 12.1 Å². The van der Waals surface area contributed by atoms with E-state index in [9.17, 15) is 4.79 Å². The van der Waals surface area contributed by atoms with Gasteiger partial charge < -0.3 is 15.8 Å². The second-order valence-corrected chi connectivity index (χ2v) is 6.21. The average Bonchev–Trinajstić information content (AvgIpc) is 2.46. The van der Waals surface area contributed by atoms with Crippen molar-refractivity contribution in [1.82, 2.24) is 4.90 Å². The van der Waals surface area contributed by atoms with Crippen molar-refractivity contribution in [2.75, 3.05) is 19.3 Å². The van der Waals surface area contributed by atoms with E-state index < -0.39 is 0 Å². The van der Waals surface area contributed by atoms with Crippen LogP contribution in [0.4, 0.5) is 0 Å². The lowest BCUT2D eigenvalue weighted by Gasteiger charge is -2.39. The summed E-state index contributed by atoms with van der Waals surface area (Å²) in [6, 6.07) is 0. The number of rotatable bonds is 6. The Labute approximate surface area is 119 Å². The van der Waals surface area contributed by atoms with Crippen LogP contribution in [0.25, 0.3) is 0 Å². The van der Waals surface area contributed by atoms with Crippen LogP contribution >= 0.6 is 11.8 Å². The molecule has 19 heavy (non-hydrogen) atoms. The molecule has 0 aliphatic carbocycles. The van der Waals surface area contributed by atoms with Crippen molar-refractivity contribution in [2.24, 2.45) is 10.9 Å². The lowest BCUT2D eigenvalue weighted by atomic mass is 9.94. The second-order valence-electron chi connectivity index (χ2n) is 5.02. The van der Waals surface area contributed by atoms with Crippen LogP contribution in [0.5, 0.6) is 0 Å². The van der Waals surface area contributed by atoms with Gasteiger partial charge in [-0.15, -0.1) is 0 Å². The van der Waals surface area contributed by atoms with Crippen LogP contribution in [-0.2, 0) is 4.79 Å². The summed E-state index contributed by atoms with van der Waals surface area (Å²) in [5, 5.41) is 12.0. The van der Waals surface area contributed by atoms with Crippen LogP contribution < -0.4 is 5.73 Å². The highest BCUT2D eigenvalue weighted by molar-refractivity contribution is 8.00. The standard InChI is InChI=1S/C13H25N3O2S/c1-3-4-5-6-11(17)16-9-7-13(19-2,8-10-16)12(14)15-18/h18H,3-10H2,1-2H3,(H2,14,15). The number of nitrogens with zero attached hydrogens (tertiary/aromatic N) is 2. The number of thioether (sulfide) groups is 1. The predicted molar refractivity (Wildman–Crippen MR) is 79.6 cm³/mol. The summed E-state index contributed by atoms with van der Waals surface area (Å²) in [6.07, 6.45) is 7.33. The van der Waals surface area contributed by atoms with Gasteiger partial charge in [0.1, 0.15) is 0 Å². The van der Waals surface area contributed by atoms with Gasteiger partial charge >= 0.3 is 0 Å². The van der Waals surface area contributed by atoms with Crippen LogP contribution in [0.3, 0.4) is 0 Å². The lowest BCUT2D eigenvalue weighted by Crippen LogP contribution is -2.51. The zero-order valence-electron chi connectivity index (χ0n) is 11.9. The molecule has 6 heteroatoms. The Morgan fingerprint density at radius 2 is 2.05 bits per heavy atom. The number of piperidine rings is 1. The van der Waals surface area contributed by atoms with Crippen molar-refractivity contribution in [1.29, 1.82) is 0 Å². The normalized spacial score (nSPS) is 19.5. The highest BCUT2D eigenvalue weighted by Gasteiger charge is 2.39. The molecule has 1 fully saturated rings. The van der Waals surface area contributed by atoms with E-state index in [4.69, 9.17) is 10.9 Å². The van der Waals surface area contributed by atoms with Crippen LogP contribution in [-0.4, -0.2) is 45.9 Å². The zero-order chi connectivity index (χ0) is 14.3. The fourth-order valence-corrected chi connectivity index (χ4v) is 3.30. The topological polar surface area (TPSA) is 78.9 Å². The lowest BCUT2D eigenvalue weighted by molar-refractivity contribution is -0.132. The molecule has 1 aliphatic rings. The molecule has 1 heterocycles. The Hall–Kier alpha value is -0.910. The van der Waals surface area contributed by atoms with Crippen molar-refractivity contribution in [3.05, 3.63) is 0 Å². The number of likely N-dealkylation sites (tertiary alicyclic amines) is 1. The minimum absolute atomic E-state index is 0.239. The second kappa shape index (κ2) is 7.62. The zero-order valence-corrected chi connectivity index (χ0v) is 12.7. The Morgan fingerprint density at radius 1 is 1.42 bits per heavy atom. The largest absolute Gasteiger partial charge is 0.409 e. The maximum absolute atomic E-state index is 12.0. The van der Waals surface area contributed by atoms with Crippen molar-refractivity contribution in [3.8, 4) is 0 Å². The quantitative estimate of drug-likeness (QED) is 0.258. The van der Waals surface area contributed by atoms with Crippen molar-refractivity contribution < 1.29 is 10.0 Å². The van der Waals surface area contributed by atoms with Gasteiger partial charge in [0.2, 0.25) is 5.91 Å². The molecule has 0 aromatic carbocycles. The summed E-state index contributed by atoms with van der Waals surface area (Å²) in [5.74, 6) is 0.515. The molecule has 0 radical (unpaired) electrons. The minimum atomic E-state index is -0.311. The van der Waals surface area contributed by atoms with Gasteiger partial charge in [-0.05, 0) is 25.5 Å². The molecule has 0 spiro atoms. The van der Waals surface area contributed by atoms with Gasteiger partial charge in [-0.3, -0.25) is 4.79 Å². The smallest absolute Gasteiger partial charge is 0.222 e. The Morgan fingerprint density at radius 3 is 2.53 bits per heavy atom. The molecular formula is C13H25N3O2S. The molecule has 0 saturated carbocycles. The molecule has 0 atom stereocenters. The molecule has 3 N–H and O–H groups in total. The fraction of sp³-hybridized carbons (Fsp3) is 0.846. The van der Waals surface area contributed by atoms with E-state index >= 15 is 0 Å². The predicted octanol–water partition coefficient (Wildman–Crippen LogP) is 2.04. The third kappa shape index (κ3) is 4.03. The summed E-state index contributed by atoms with van der Waals surface area (Å²) in [6.45, 7) is 3.53. The Balaban J connectivity index is 2.49. The number of carbonyl (C=O) groups excluding carboxylic acids is 1. The van der Waals surface area contributed by atoms with Crippen molar-refractivity contribution >= 4 is 23.5 Å².